The van der Waals surface area contributed by atoms with Crippen molar-refractivity contribution in [3.8, 4) is 5.75 Å². The number of likely N-dealkylation sites (N-methyl/N-ethyl adjacent to an activating group) is 1. The highest BCUT2D eigenvalue weighted by Crippen LogP contribution is 2.27. The van der Waals surface area contributed by atoms with Gasteiger partial charge in [-0.2, -0.15) is 5.10 Å². The second kappa shape index (κ2) is 9.73. The maximum absolute atomic E-state index is 10.4. The average Bonchev–Trinajstić information content (AvgIpc) is 2.87. The van der Waals surface area contributed by atoms with Crippen LogP contribution in [0.4, 0.5) is 0 Å². The lowest BCUT2D eigenvalue weighted by Crippen LogP contribution is -2.21. The van der Waals surface area contributed by atoms with Crippen molar-refractivity contribution in [2.75, 3.05) is 54.7 Å². The number of nitrogens with zero attached hydrogens (tertiary/aromatic N) is 3. The van der Waals surface area contributed by atoms with Crippen LogP contribution < -0.4 is 4.74 Å². The average molecular weight is 301 g/mol. The summed E-state index contributed by atoms with van der Waals surface area (Å²) >= 11 is 0. The van der Waals surface area contributed by atoms with Crippen molar-refractivity contribution < 1.29 is 19.3 Å². The molecule has 0 aliphatic carbocycles. The first-order chi connectivity index (χ1) is 10.1. The van der Waals surface area contributed by atoms with Crippen molar-refractivity contribution >= 4 is 0 Å². The van der Waals surface area contributed by atoms with Gasteiger partial charge in [-0.1, -0.05) is 0 Å². The number of hydrogen-bond acceptors (Lipinski definition) is 6. The Balaban J connectivity index is 2.58. The molecule has 0 bridgehead atoms. The Kier molecular flexibility index (Phi) is 8.29. The number of aliphatic hydroxyl groups is 1. The van der Waals surface area contributed by atoms with E-state index < -0.39 is 6.10 Å². The number of aliphatic hydroxyl groups excluding tert-OH is 1. The predicted molar refractivity (Wildman–Crippen MR) is 79.6 cm³/mol. The molecule has 1 aromatic heterocycles. The Morgan fingerprint density at radius 3 is 2.67 bits per heavy atom. The van der Waals surface area contributed by atoms with Crippen LogP contribution in [0.5, 0.6) is 5.75 Å². The minimum Gasteiger partial charge on any atom is -0.493 e. The van der Waals surface area contributed by atoms with Crippen LogP contribution in [0.15, 0.2) is 6.20 Å². The summed E-state index contributed by atoms with van der Waals surface area (Å²) in [7, 11) is 7.21. The van der Waals surface area contributed by atoms with Gasteiger partial charge in [0.25, 0.3) is 0 Å². The van der Waals surface area contributed by atoms with Crippen LogP contribution in [0.1, 0.15) is 18.2 Å². The van der Waals surface area contributed by atoms with Gasteiger partial charge in [-0.25, -0.2) is 0 Å². The minimum absolute atomic E-state index is 0.465. The lowest BCUT2D eigenvalue weighted by atomic mass is 10.2. The molecule has 0 saturated carbocycles. The fourth-order valence-corrected chi connectivity index (χ4v) is 1.92. The third kappa shape index (κ3) is 6.01. The van der Waals surface area contributed by atoms with E-state index in [4.69, 9.17) is 14.2 Å². The van der Waals surface area contributed by atoms with E-state index in [9.17, 15) is 5.11 Å². The van der Waals surface area contributed by atoms with Gasteiger partial charge >= 0.3 is 0 Å². The number of aromatic nitrogens is 2. The van der Waals surface area contributed by atoms with Gasteiger partial charge < -0.3 is 24.2 Å². The van der Waals surface area contributed by atoms with E-state index in [1.165, 1.54) is 0 Å². The van der Waals surface area contributed by atoms with Crippen LogP contribution in [-0.2, 0) is 16.0 Å². The Labute approximate surface area is 126 Å². The molecule has 1 atom stereocenters. The van der Waals surface area contributed by atoms with E-state index in [-0.39, 0.29) is 0 Å². The van der Waals surface area contributed by atoms with E-state index in [0.29, 0.717) is 44.2 Å². The molecule has 0 spiro atoms. The number of ether oxygens (including phenoxy) is 3. The van der Waals surface area contributed by atoms with Crippen LogP contribution in [0.2, 0.25) is 0 Å². The number of methoxy groups -OCH3 is 2. The van der Waals surface area contributed by atoms with E-state index >= 15 is 0 Å². The summed E-state index contributed by atoms with van der Waals surface area (Å²) < 4.78 is 17.4. The molecule has 122 valence electrons. The predicted octanol–water partition coefficient (Wildman–Crippen LogP) is 0.540. The monoisotopic (exact) mass is 301 g/mol. The molecule has 0 saturated heterocycles. The van der Waals surface area contributed by atoms with Crippen molar-refractivity contribution in [3.05, 3.63) is 11.9 Å². The molecule has 1 N–H and O–H groups in total. The molecule has 1 rings (SSSR count). The maximum atomic E-state index is 10.4. The number of hydrogen-bond donors (Lipinski definition) is 1. The zero-order chi connectivity index (χ0) is 15.7. The van der Waals surface area contributed by atoms with Gasteiger partial charge in [0.05, 0.1) is 33.1 Å². The molecule has 7 nitrogen and oxygen atoms in total. The first kappa shape index (κ1) is 17.9. The summed E-state index contributed by atoms with van der Waals surface area (Å²) in [5, 5.41) is 14.6. The third-order valence-corrected chi connectivity index (χ3v) is 3.11. The lowest BCUT2D eigenvalue weighted by molar-refractivity contribution is 0.0450. The minimum atomic E-state index is -0.660. The van der Waals surface area contributed by atoms with E-state index in [1.54, 1.807) is 25.1 Å². The van der Waals surface area contributed by atoms with Crippen LogP contribution in [-0.4, -0.2) is 74.5 Å². The van der Waals surface area contributed by atoms with Gasteiger partial charge in [-0.15, -0.1) is 0 Å². The van der Waals surface area contributed by atoms with Gasteiger partial charge in [-0.3, -0.25) is 4.68 Å². The standard InChI is InChI=1S/C14H27N3O4/c1-16(2)6-7-17-14(13(20-4)11-15-17)12(18)5-8-21-10-9-19-3/h11-12,18H,5-10H2,1-4H3. The smallest absolute Gasteiger partial charge is 0.162 e. The van der Waals surface area contributed by atoms with Crippen LogP contribution in [0, 0.1) is 0 Å². The first-order valence-electron chi connectivity index (χ1n) is 7.09. The van der Waals surface area contributed by atoms with Gasteiger partial charge in [0.15, 0.2) is 5.75 Å². The summed E-state index contributed by atoms with van der Waals surface area (Å²) in [6.07, 6.45) is 1.47. The molecular formula is C14H27N3O4. The first-order valence-corrected chi connectivity index (χ1v) is 7.09. The maximum Gasteiger partial charge on any atom is 0.162 e. The molecule has 0 fully saturated rings. The summed E-state index contributed by atoms with van der Waals surface area (Å²) in [6.45, 7) is 3.09. The molecule has 7 heteroatoms. The Morgan fingerprint density at radius 1 is 1.29 bits per heavy atom. The van der Waals surface area contributed by atoms with E-state index in [1.807, 2.05) is 14.1 Å². The zero-order valence-electron chi connectivity index (χ0n) is 13.4. The summed E-state index contributed by atoms with van der Waals surface area (Å²) in [6, 6.07) is 0. The van der Waals surface area contributed by atoms with Gasteiger partial charge in [-0.05, 0) is 14.1 Å². The fraction of sp³-hybridized carbons (Fsp3) is 0.786. The molecule has 1 aromatic rings. The topological polar surface area (TPSA) is 69.0 Å². The summed E-state index contributed by atoms with van der Waals surface area (Å²) in [5.41, 5.74) is 0.703. The molecule has 1 heterocycles. The molecule has 0 aliphatic rings. The van der Waals surface area contributed by atoms with E-state index in [0.717, 1.165) is 6.54 Å². The highest BCUT2D eigenvalue weighted by Gasteiger charge is 2.19. The molecular weight excluding hydrogens is 274 g/mol. The highest BCUT2D eigenvalue weighted by atomic mass is 16.5. The Morgan fingerprint density at radius 2 is 2.05 bits per heavy atom. The molecule has 21 heavy (non-hydrogen) atoms. The van der Waals surface area contributed by atoms with Gasteiger partial charge in [0, 0.05) is 26.7 Å². The van der Waals surface area contributed by atoms with Crippen molar-refractivity contribution in [2.45, 2.75) is 19.1 Å². The Hall–Kier alpha value is -1.15. The van der Waals surface area contributed by atoms with Crippen LogP contribution in [0.25, 0.3) is 0 Å². The number of rotatable bonds is 11. The van der Waals surface area contributed by atoms with Crippen molar-refractivity contribution in [2.24, 2.45) is 0 Å². The quantitative estimate of drug-likeness (QED) is 0.602. The molecule has 0 amide bonds. The lowest BCUT2D eigenvalue weighted by Gasteiger charge is -2.16. The zero-order valence-corrected chi connectivity index (χ0v) is 13.4. The normalized spacial score (nSPS) is 12.9. The summed E-state index contributed by atoms with van der Waals surface area (Å²) in [4.78, 5) is 2.07. The van der Waals surface area contributed by atoms with Gasteiger partial charge in [0.2, 0.25) is 0 Å². The third-order valence-electron chi connectivity index (χ3n) is 3.11. The molecule has 0 aliphatic heterocycles. The molecule has 0 radical (unpaired) electrons. The molecule has 0 aromatic carbocycles. The van der Waals surface area contributed by atoms with Crippen molar-refractivity contribution in [1.82, 2.24) is 14.7 Å². The van der Waals surface area contributed by atoms with E-state index in [2.05, 4.69) is 10.00 Å². The fourth-order valence-electron chi connectivity index (χ4n) is 1.92. The summed E-state index contributed by atoms with van der Waals surface area (Å²) in [5.74, 6) is 0.609. The van der Waals surface area contributed by atoms with Crippen molar-refractivity contribution in [1.29, 1.82) is 0 Å². The Bertz CT molecular complexity index is 396. The second-order valence-electron chi connectivity index (χ2n) is 5.03. The van der Waals surface area contributed by atoms with Crippen LogP contribution >= 0.6 is 0 Å². The SMILES string of the molecule is COCCOCCC(O)c1c(OC)cnn1CCN(C)C. The largest absolute Gasteiger partial charge is 0.493 e. The van der Waals surface area contributed by atoms with Crippen molar-refractivity contribution in [3.63, 3.8) is 0 Å². The molecule has 1 unspecified atom stereocenters. The second-order valence-corrected chi connectivity index (χ2v) is 5.03. The van der Waals surface area contributed by atoms with Crippen LogP contribution in [0.3, 0.4) is 0 Å². The van der Waals surface area contributed by atoms with Gasteiger partial charge in [0.1, 0.15) is 11.8 Å². The highest BCUT2D eigenvalue weighted by molar-refractivity contribution is 5.27.